The fraction of sp³-hybridized carbons (Fsp3) is 0.300. The van der Waals surface area contributed by atoms with Crippen LogP contribution in [0.25, 0.3) is 0 Å². The summed E-state index contributed by atoms with van der Waals surface area (Å²) in [5.74, 6) is -4.05. The lowest BCUT2D eigenvalue weighted by Crippen LogP contribution is -2.24. The average Bonchev–Trinajstić information content (AvgIpc) is 3.12. The highest BCUT2D eigenvalue weighted by molar-refractivity contribution is 6.14. The molecule has 148 valence electrons. The van der Waals surface area contributed by atoms with Crippen LogP contribution in [-0.4, -0.2) is 24.8 Å². The number of primary amides is 1. The second kappa shape index (κ2) is 8.02. The maximum absolute atomic E-state index is 14.5. The van der Waals surface area contributed by atoms with Gasteiger partial charge in [-0.3, -0.25) is 4.79 Å². The van der Waals surface area contributed by atoms with Crippen LogP contribution >= 0.6 is 0 Å². The Balaban J connectivity index is 2.10. The zero-order valence-corrected chi connectivity index (χ0v) is 15.0. The minimum Gasteiger partial charge on any atom is -0.398 e. The fourth-order valence-corrected chi connectivity index (χ4v) is 3.58. The Bertz CT molecular complexity index is 927. The van der Waals surface area contributed by atoms with Gasteiger partial charge in [0.15, 0.2) is 0 Å². The van der Waals surface area contributed by atoms with Gasteiger partial charge in [-0.05, 0) is 42.5 Å². The van der Waals surface area contributed by atoms with Crippen molar-refractivity contribution in [2.75, 3.05) is 18.9 Å². The van der Waals surface area contributed by atoms with Gasteiger partial charge in [-0.15, -0.1) is 0 Å². The summed E-state index contributed by atoms with van der Waals surface area (Å²) in [5.41, 5.74) is 10.7. The molecular formula is C20H20F3N3O2. The van der Waals surface area contributed by atoms with Crippen LogP contribution in [0.4, 0.5) is 18.9 Å². The van der Waals surface area contributed by atoms with E-state index in [0.29, 0.717) is 19.6 Å². The maximum Gasteiger partial charge on any atom is 0.249 e. The van der Waals surface area contributed by atoms with E-state index in [2.05, 4.69) is 0 Å². The standard InChI is InChI=1S/C20H20F3N3O2/c21-11-1-2-13(16(23)7-11)14(5-10-3-4-28-9-10)19(25)18-15(20(26)27)6-12(22)8-17(18)24/h1-2,6-8,10,14,25H,3-5,9,24H2,(H2,26,27). The molecule has 2 atom stereocenters. The van der Waals surface area contributed by atoms with Gasteiger partial charge in [0, 0.05) is 42.2 Å². The number of halogens is 3. The summed E-state index contributed by atoms with van der Waals surface area (Å²) >= 11 is 0. The third-order valence-electron chi connectivity index (χ3n) is 4.95. The monoisotopic (exact) mass is 391 g/mol. The second-order valence-electron chi connectivity index (χ2n) is 6.88. The molecule has 28 heavy (non-hydrogen) atoms. The fourth-order valence-electron chi connectivity index (χ4n) is 3.58. The third kappa shape index (κ3) is 4.01. The number of anilines is 1. The summed E-state index contributed by atoms with van der Waals surface area (Å²) in [6.45, 7) is 1.01. The molecule has 0 spiro atoms. The first kappa shape index (κ1) is 19.9. The van der Waals surface area contributed by atoms with Gasteiger partial charge in [0.25, 0.3) is 0 Å². The van der Waals surface area contributed by atoms with Crippen LogP contribution in [-0.2, 0) is 4.74 Å². The van der Waals surface area contributed by atoms with Crippen molar-refractivity contribution in [1.29, 1.82) is 5.41 Å². The molecular weight excluding hydrogens is 371 g/mol. The highest BCUT2D eigenvalue weighted by Crippen LogP contribution is 2.35. The zero-order valence-electron chi connectivity index (χ0n) is 15.0. The Kier molecular flexibility index (Phi) is 5.69. The highest BCUT2D eigenvalue weighted by atomic mass is 19.1. The SMILES string of the molecule is N=C(c1c(N)cc(F)cc1C(N)=O)C(CC1CCOC1)c1ccc(F)cc1F. The van der Waals surface area contributed by atoms with E-state index in [1.807, 2.05) is 0 Å². The number of hydrogen-bond donors (Lipinski definition) is 3. The molecule has 0 aromatic heterocycles. The van der Waals surface area contributed by atoms with Crippen molar-refractivity contribution in [2.45, 2.75) is 18.8 Å². The smallest absolute Gasteiger partial charge is 0.249 e. The molecule has 5 nitrogen and oxygen atoms in total. The van der Waals surface area contributed by atoms with Crippen molar-refractivity contribution < 1.29 is 22.7 Å². The predicted octanol–water partition coefficient (Wildman–Crippen LogP) is 3.36. The quantitative estimate of drug-likeness (QED) is 0.520. The van der Waals surface area contributed by atoms with E-state index in [9.17, 15) is 18.0 Å². The summed E-state index contributed by atoms with van der Waals surface area (Å²) in [4.78, 5) is 11.8. The first-order valence-corrected chi connectivity index (χ1v) is 8.78. The Morgan fingerprint density at radius 1 is 1.21 bits per heavy atom. The van der Waals surface area contributed by atoms with Gasteiger partial charge >= 0.3 is 0 Å². The Hall–Kier alpha value is -2.87. The van der Waals surface area contributed by atoms with Gasteiger partial charge in [-0.2, -0.15) is 0 Å². The van der Waals surface area contributed by atoms with E-state index in [1.54, 1.807) is 0 Å². The first-order valence-electron chi connectivity index (χ1n) is 8.78. The van der Waals surface area contributed by atoms with Gasteiger partial charge < -0.3 is 21.6 Å². The Morgan fingerprint density at radius 3 is 2.57 bits per heavy atom. The van der Waals surface area contributed by atoms with Crippen molar-refractivity contribution in [3.8, 4) is 0 Å². The largest absolute Gasteiger partial charge is 0.398 e. The zero-order chi connectivity index (χ0) is 20.4. The lowest BCUT2D eigenvalue weighted by Gasteiger charge is -2.24. The van der Waals surface area contributed by atoms with E-state index in [1.165, 1.54) is 6.07 Å². The molecule has 1 heterocycles. The summed E-state index contributed by atoms with van der Waals surface area (Å²) in [6, 6.07) is 4.99. The van der Waals surface area contributed by atoms with E-state index >= 15 is 0 Å². The molecule has 8 heteroatoms. The number of benzene rings is 2. The molecule has 2 unspecified atom stereocenters. The molecule has 2 aromatic rings. The predicted molar refractivity (Wildman–Crippen MR) is 98.8 cm³/mol. The number of amides is 1. The Labute approximate surface area is 160 Å². The number of ether oxygens (including phenoxy) is 1. The van der Waals surface area contributed by atoms with Crippen LogP contribution < -0.4 is 11.5 Å². The number of nitrogen functional groups attached to an aromatic ring is 1. The van der Waals surface area contributed by atoms with E-state index in [-0.39, 0.29) is 34.0 Å². The molecule has 0 aliphatic carbocycles. The average molecular weight is 391 g/mol. The van der Waals surface area contributed by atoms with Crippen molar-refractivity contribution in [2.24, 2.45) is 11.7 Å². The van der Waals surface area contributed by atoms with Crippen LogP contribution in [0.2, 0.25) is 0 Å². The third-order valence-corrected chi connectivity index (χ3v) is 4.95. The van der Waals surface area contributed by atoms with Crippen LogP contribution in [0, 0.1) is 28.8 Å². The molecule has 1 fully saturated rings. The molecule has 3 rings (SSSR count). The maximum atomic E-state index is 14.5. The van der Waals surface area contributed by atoms with Gasteiger partial charge in [0.1, 0.15) is 17.5 Å². The number of hydrogen-bond acceptors (Lipinski definition) is 4. The summed E-state index contributed by atoms with van der Waals surface area (Å²) in [7, 11) is 0. The van der Waals surface area contributed by atoms with Crippen LogP contribution in [0.5, 0.6) is 0 Å². The number of rotatable bonds is 6. The molecule has 5 N–H and O–H groups in total. The molecule has 1 aliphatic rings. The van der Waals surface area contributed by atoms with Crippen molar-refractivity contribution in [1.82, 2.24) is 0 Å². The number of carbonyl (C=O) groups excluding carboxylic acids is 1. The second-order valence-corrected chi connectivity index (χ2v) is 6.88. The lowest BCUT2D eigenvalue weighted by atomic mass is 9.80. The van der Waals surface area contributed by atoms with Gasteiger partial charge in [0.05, 0.1) is 5.56 Å². The summed E-state index contributed by atoms with van der Waals surface area (Å²) in [5, 5.41) is 8.67. The van der Waals surface area contributed by atoms with E-state index in [0.717, 1.165) is 30.7 Å². The molecule has 2 aromatic carbocycles. The number of nitrogens with one attached hydrogen (secondary N) is 1. The Morgan fingerprint density at radius 2 is 1.96 bits per heavy atom. The van der Waals surface area contributed by atoms with Crippen molar-refractivity contribution in [3.63, 3.8) is 0 Å². The van der Waals surface area contributed by atoms with E-state index < -0.39 is 29.3 Å². The number of carbonyl (C=O) groups is 1. The van der Waals surface area contributed by atoms with Crippen molar-refractivity contribution in [3.05, 3.63) is 64.5 Å². The minimum absolute atomic E-state index is 0.0402. The van der Waals surface area contributed by atoms with Crippen LogP contribution in [0.3, 0.4) is 0 Å². The molecule has 1 saturated heterocycles. The molecule has 0 radical (unpaired) electrons. The van der Waals surface area contributed by atoms with Gasteiger partial charge in [-0.25, -0.2) is 13.2 Å². The molecule has 0 bridgehead atoms. The van der Waals surface area contributed by atoms with Crippen LogP contribution in [0.15, 0.2) is 30.3 Å². The van der Waals surface area contributed by atoms with Gasteiger partial charge in [0.2, 0.25) is 5.91 Å². The van der Waals surface area contributed by atoms with Gasteiger partial charge in [-0.1, -0.05) is 6.07 Å². The van der Waals surface area contributed by atoms with Crippen molar-refractivity contribution >= 4 is 17.3 Å². The molecule has 0 saturated carbocycles. The topological polar surface area (TPSA) is 102 Å². The minimum atomic E-state index is -0.950. The highest BCUT2D eigenvalue weighted by Gasteiger charge is 2.30. The number of nitrogens with two attached hydrogens (primary N) is 2. The lowest BCUT2D eigenvalue weighted by molar-refractivity contribution is 0.0999. The first-order chi connectivity index (χ1) is 13.3. The normalized spacial score (nSPS) is 17.5. The van der Waals surface area contributed by atoms with E-state index in [4.69, 9.17) is 21.6 Å². The molecule has 1 aliphatic heterocycles. The van der Waals surface area contributed by atoms with Crippen LogP contribution in [0.1, 0.15) is 40.2 Å². The summed E-state index contributed by atoms with van der Waals surface area (Å²) < 4.78 is 47.0. The molecule has 1 amide bonds. The summed E-state index contributed by atoms with van der Waals surface area (Å²) in [6.07, 6.45) is 1.06.